The molecule has 31 valence electrons. The maximum Gasteiger partial charge on any atom is 0 e. The van der Waals surface area contributed by atoms with Gasteiger partial charge >= 0.3 is 0 Å². The van der Waals surface area contributed by atoms with E-state index in [1.54, 1.807) is 0 Å². The smallest absolute Gasteiger partial charge is 0 e. The maximum atomic E-state index is 0. The summed E-state index contributed by atoms with van der Waals surface area (Å²) in [7, 11) is 0. The molecular formula is H4FeSiTiVW. The van der Waals surface area contributed by atoms with Crippen molar-refractivity contribution in [1.29, 1.82) is 0 Å². The first kappa shape index (κ1) is 47.1. The molecular weight excluding hydrogens is 367 g/mol. The van der Waals surface area contributed by atoms with Crippen LogP contribution in [-0.2, 0) is 78.4 Å². The fourth-order valence-corrected chi connectivity index (χ4v) is 0. The minimum Gasteiger partial charge on any atom is -0.0149 e. The molecule has 0 saturated heterocycles. The van der Waals surface area contributed by atoms with Crippen LogP contribution in [0.15, 0.2) is 0 Å². The second kappa shape index (κ2) is 29.7. The second-order valence-electron chi connectivity index (χ2n) is 0. The Morgan fingerprint density at radius 3 is 1.00 bits per heavy atom. The molecule has 0 aromatic rings. The summed E-state index contributed by atoms with van der Waals surface area (Å²) in [5.41, 5.74) is 0. The molecule has 0 spiro atoms. The van der Waals surface area contributed by atoms with E-state index in [9.17, 15) is 0 Å². The fraction of sp³-hybridized carbons (Fsp3) is 0. The molecule has 0 nitrogen and oxygen atoms in total. The van der Waals surface area contributed by atoms with Crippen LogP contribution in [0.25, 0.3) is 0 Å². The van der Waals surface area contributed by atoms with Crippen LogP contribution >= 0.6 is 0 Å². The molecule has 0 heterocycles. The third-order valence-electron chi connectivity index (χ3n) is 0. The van der Waals surface area contributed by atoms with Crippen LogP contribution in [0.3, 0.4) is 0 Å². The normalized spacial score (nSPS) is 0. The molecule has 5 heavy (non-hydrogen) atoms. The third kappa shape index (κ3) is 20.2. The van der Waals surface area contributed by atoms with Crippen LogP contribution in [0.2, 0.25) is 0 Å². The largest absolute Gasteiger partial charge is 0.0149 e. The molecule has 0 amide bonds. The summed E-state index contributed by atoms with van der Waals surface area (Å²) < 4.78 is 0. The van der Waals surface area contributed by atoms with E-state index in [0.717, 1.165) is 0 Å². The molecule has 5 heteroatoms. The zero-order valence-electron chi connectivity index (χ0n) is 1.71. The van der Waals surface area contributed by atoms with Gasteiger partial charge in [0.15, 0.2) is 0 Å². The zero-order valence-corrected chi connectivity index (χ0v) is 8.70. The van der Waals surface area contributed by atoms with Crippen molar-refractivity contribution in [3.8, 4) is 0 Å². The quantitative estimate of drug-likeness (QED) is 0.457. The van der Waals surface area contributed by atoms with Gasteiger partial charge in [-0.15, -0.1) is 0 Å². The van der Waals surface area contributed by atoms with Gasteiger partial charge in [-0.1, -0.05) is 0 Å². The molecule has 0 aliphatic carbocycles. The number of hydrogen-bond donors (Lipinski definition) is 0. The third-order valence-corrected chi connectivity index (χ3v) is 0. The molecule has 0 fully saturated rings. The van der Waals surface area contributed by atoms with Crippen molar-refractivity contribution < 1.29 is 78.4 Å². The van der Waals surface area contributed by atoms with Crippen LogP contribution in [0, 0.1) is 0 Å². The van der Waals surface area contributed by atoms with Crippen molar-refractivity contribution in [3.05, 3.63) is 0 Å². The van der Waals surface area contributed by atoms with Gasteiger partial charge in [-0.25, -0.2) is 0 Å². The van der Waals surface area contributed by atoms with E-state index in [1.165, 1.54) is 0 Å². The molecule has 0 aliphatic rings. The topological polar surface area (TPSA) is 0 Å². The molecule has 1 radical (unpaired) electrons. The first-order valence-electron chi connectivity index (χ1n) is 0. The average Bonchev–Trinajstić information content (AvgIpc) is 0. The molecule has 0 aromatic heterocycles. The van der Waals surface area contributed by atoms with Gasteiger partial charge < -0.3 is 0 Å². The molecule has 0 rings (SSSR count). The summed E-state index contributed by atoms with van der Waals surface area (Å²) >= 11 is 0. The minimum atomic E-state index is 0. The maximum absolute atomic E-state index is 0. The number of hydrogen-bond acceptors (Lipinski definition) is 0. The van der Waals surface area contributed by atoms with Gasteiger partial charge in [0.05, 0.1) is 0 Å². The molecule has 0 aliphatic heterocycles. The van der Waals surface area contributed by atoms with Gasteiger partial charge in [0.1, 0.15) is 0 Å². The first-order valence-corrected chi connectivity index (χ1v) is 0. The summed E-state index contributed by atoms with van der Waals surface area (Å²) in [6.45, 7) is 0. The van der Waals surface area contributed by atoms with Gasteiger partial charge in [0.2, 0.25) is 0 Å². The predicted molar refractivity (Wildman–Crippen MR) is 11.3 cm³/mol. The van der Waals surface area contributed by atoms with Gasteiger partial charge in [-0.2, -0.15) is 0 Å². The van der Waals surface area contributed by atoms with E-state index in [2.05, 4.69) is 0 Å². The van der Waals surface area contributed by atoms with Gasteiger partial charge in [0.25, 0.3) is 0 Å². The van der Waals surface area contributed by atoms with Crippen molar-refractivity contribution in [2.75, 3.05) is 0 Å². The van der Waals surface area contributed by atoms with Crippen molar-refractivity contribution in [1.82, 2.24) is 0 Å². The summed E-state index contributed by atoms with van der Waals surface area (Å²) in [5.74, 6) is 0. The molecule has 0 N–H and O–H groups in total. The summed E-state index contributed by atoms with van der Waals surface area (Å²) in [6, 6.07) is 0. The van der Waals surface area contributed by atoms with Gasteiger partial charge in [-0.3, -0.25) is 0 Å². The average molecular weight is 371 g/mol. The summed E-state index contributed by atoms with van der Waals surface area (Å²) in [5, 5.41) is 0. The molecule has 0 aromatic carbocycles. The van der Waals surface area contributed by atoms with Crippen molar-refractivity contribution in [2.24, 2.45) is 0 Å². The van der Waals surface area contributed by atoms with E-state index in [0.29, 0.717) is 0 Å². The van der Waals surface area contributed by atoms with Crippen LogP contribution in [0.1, 0.15) is 0 Å². The fourth-order valence-electron chi connectivity index (χ4n) is 0. The van der Waals surface area contributed by atoms with Crippen molar-refractivity contribution in [3.63, 3.8) is 0 Å². The van der Waals surface area contributed by atoms with E-state index < -0.39 is 0 Å². The Bertz CT molecular complexity index is 11.6. The Labute approximate surface area is 88.1 Å². The molecule has 0 bridgehead atoms. The van der Waals surface area contributed by atoms with Gasteiger partial charge in [0, 0.05) is 78.4 Å². The van der Waals surface area contributed by atoms with Crippen LogP contribution in [-0.4, -0.2) is 11.0 Å². The van der Waals surface area contributed by atoms with Crippen LogP contribution in [0.5, 0.6) is 0 Å². The first-order chi connectivity index (χ1) is 0. The molecule has 0 unspecified atom stereocenters. The van der Waals surface area contributed by atoms with Crippen LogP contribution in [0.4, 0.5) is 0 Å². The predicted octanol–water partition coefficient (Wildman–Crippen LogP) is -1.46. The van der Waals surface area contributed by atoms with Crippen molar-refractivity contribution in [2.45, 2.75) is 0 Å². The Morgan fingerprint density at radius 1 is 1.00 bits per heavy atom. The monoisotopic (exact) mass is 371 g/mol. The van der Waals surface area contributed by atoms with E-state index in [-0.39, 0.29) is 89.4 Å². The van der Waals surface area contributed by atoms with Gasteiger partial charge in [-0.05, 0) is 11.0 Å². The second-order valence-corrected chi connectivity index (χ2v) is 0. The van der Waals surface area contributed by atoms with E-state index >= 15 is 0 Å². The molecule has 0 atom stereocenters. The zero-order chi connectivity index (χ0) is 0. The Hall–Kier alpha value is 2.72. The van der Waals surface area contributed by atoms with Crippen molar-refractivity contribution >= 4 is 11.0 Å². The summed E-state index contributed by atoms with van der Waals surface area (Å²) in [4.78, 5) is 0. The summed E-state index contributed by atoms with van der Waals surface area (Å²) in [6.07, 6.45) is 0. The van der Waals surface area contributed by atoms with E-state index in [4.69, 9.17) is 0 Å². The SMILES string of the molecule is [Fe].[SiH4].[Ti].[V].[W]. The van der Waals surface area contributed by atoms with Crippen LogP contribution < -0.4 is 0 Å². The Balaban J connectivity index is 0. The Morgan fingerprint density at radius 2 is 1.00 bits per heavy atom. The van der Waals surface area contributed by atoms with E-state index in [1.807, 2.05) is 0 Å². The standard InChI is InChI=1S/Fe.H4Si.Ti.V.W/h;1H4;;;. The Kier molecular flexibility index (Phi) is 280. The molecule has 0 saturated carbocycles. The minimum absolute atomic E-state index is 0. The number of rotatable bonds is 0.